The number of hydrogen-bond donors (Lipinski definition) is 4. The lowest BCUT2D eigenvalue weighted by atomic mass is 9.49. The number of phenolic OH excluding ortho intramolecular Hbond substituents is 1. The van der Waals surface area contributed by atoms with E-state index in [0.717, 1.165) is 75.5 Å². The Labute approximate surface area is 261 Å². The molecule has 236 valence electrons. The Hall–Kier alpha value is -3.19. The van der Waals surface area contributed by atoms with Crippen molar-refractivity contribution in [2.24, 2.45) is 28.4 Å². The molecule has 7 heteroatoms. The molecule has 6 rings (SSSR count). The van der Waals surface area contributed by atoms with Gasteiger partial charge in [0.15, 0.2) is 0 Å². The van der Waals surface area contributed by atoms with Gasteiger partial charge in [-0.1, -0.05) is 52.7 Å². The van der Waals surface area contributed by atoms with Gasteiger partial charge in [-0.2, -0.15) is 0 Å². The number of rotatable bonds is 4. The maximum Gasteiger partial charge on any atom is 0.240 e. The molecule has 0 unspecified atom stereocenters. The fourth-order valence-corrected chi connectivity index (χ4v) is 10.2. The molecule has 4 aliphatic carbocycles. The summed E-state index contributed by atoms with van der Waals surface area (Å²) in [5.74, 6) is -0.0971. The van der Waals surface area contributed by atoms with Crippen molar-refractivity contribution in [2.75, 3.05) is 5.32 Å². The first-order valence-corrected chi connectivity index (χ1v) is 16.6. The molecular formula is C37H49N3O4. The number of nitrogens with one attached hydrogen (secondary N) is 2. The molecule has 44 heavy (non-hydrogen) atoms. The second-order valence-electron chi connectivity index (χ2n) is 15.3. The van der Waals surface area contributed by atoms with E-state index in [4.69, 9.17) is 5.73 Å². The highest BCUT2D eigenvalue weighted by molar-refractivity contribution is 6.01. The third-order valence-corrected chi connectivity index (χ3v) is 12.6. The predicted octanol–water partition coefficient (Wildman–Crippen LogP) is 6.04. The molecule has 7 atom stereocenters. The molecule has 0 radical (unpaired) electrons. The number of aromatic hydroxyl groups is 1. The van der Waals surface area contributed by atoms with Crippen molar-refractivity contribution >= 4 is 23.4 Å². The fourth-order valence-electron chi connectivity index (χ4n) is 10.2. The number of amides is 3. The summed E-state index contributed by atoms with van der Waals surface area (Å²) in [6, 6.07) is 11.2. The molecule has 2 aromatic rings. The summed E-state index contributed by atoms with van der Waals surface area (Å²) in [7, 11) is 0. The van der Waals surface area contributed by atoms with Crippen LogP contribution in [0.2, 0.25) is 0 Å². The SMILES string of the molecule is C[C@H](N)C(=O)Nc1ccc2c(c1)[C@@]1(C)CCC[C@](C)(C(=O)NC(=O)[C@@]3(C)CCC[C@]4(C)c5cc(O)ccc5CC[C@@H]34)[C@@H]1CC2. The first-order chi connectivity index (χ1) is 20.7. The average molecular weight is 600 g/mol. The first kappa shape index (κ1) is 30.8. The highest BCUT2D eigenvalue weighted by Crippen LogP contribution is 2.59. The fraction of sp³-hybridized carbons (Fsp3) is 0.595. The van der Waals surface area contributed by atoms with Crippen LogP contribution in [-0.2, 0) is 38.1 Å². The van der Waals surface area contributed by atoms with Gasteiger partial charge < -0.3 is 16.2 Å². The lowest BCUT2D eigenvalue weighted by molar-refractivity contribution is -0.150. The number of imide groups is 1. The lowest BCUT2D eigenvalue weighted by Gasteiger charge is -2.56. The van der Waals surface area contributed by atoms with Crippen LogP contribution in [0, 0.1) is 22.7 Å². The monoisotopic (exact) mass is 599 g/mol. The van der Waals surface area contributed by atoms with E-state index in [-0.39, 0.29) is 46.1 Å². The van der Waals surface area contributed by atoms with Crippen molar-refractivity contribution in [1.29, 1.82) is 0 Å². The van der Waals surface area contributed by atoms with Gasteiger partial charge >= 0.3 is 0 Å². The second kappa shape index (κ2) is 10.7. The quantitative estimate of drug-likeness (QED) is 0.319. The van der Waals surface area contributed by atoms with Crippen LogP contribution in [0.5, 0.6) is 5.75 Å². The molecule has 2 aromatic carbocycles. The van der Waals surface area contributed by atoms with E-state index in [1.165, 1.54) is 16.7 Å². The van der Waals surface area contributed by atoms with Gasteiger partial charge in [0.05, 0.1) is 16.9 Å². The molecule has 0 heterocycles. The first-order valence-electron chi connectivity index (χ1n) is 16.6. The lowest BCUT2D eigenvalue weighted by Crippen LogP contribution is -2.60. The number of phenols is 1. The van der Waals surface area contributed by atoms with Crippen LogP contribution in [0.25, 0.3) is 0 Å². The van der Waals surface area contributed by atoms with Crippen molar-refractivity contribution in [3.63, 3.8) is 0 Å². The smallest absolute Gasteiger partial charge is 0.240 e. The Balaban J connectivity index is 1.26. The summed E-state index contributed by atoms with van der Waals surface area (Å²) in [4.78, 5) is 41.0. The molecule has 0 spiro atoms. The van der Waals surface area contributed by atoms with Crippen molar-refractivity contribution in [3.8, 4) is 5.75 Å². The molecule has 0 saturated heterocycles. The molecule has 5 N–H and O–H groups in total. The molecule has 0 aliphatic heterocycles. The van der Waals surface area contributed by atoms with E-state index in [9.17, 15) is 19.5 Å². The van der Waals surface area contributed by atoms with Crippen LogP contribution in [0.4, 0.5) is 5.69 Å². The molecule has 4 aliphatic rings. The molecule has 2 saturated carbocycles. The Morgan fingerprint density at radius 3 is 1.82 bits per heavy atom. The number of carbonyl (C=O) groups excluding carboxylic acids is 3. The highest BCUT2D eigenvalue weighted by Gasteiger charge is 2.58. The maximum absolute atomic E-state index is 14.4. The van der Waals surface area contributed by atoms with E-state index < -0.39 is 16.9 Å². The summed E-state index contributed by atoms with van der Waals surface area (Å²) >= 11 is 0. The van der Waals surface area contributed by atoms with Gasteiger partial charge in [-0.05, 0) is 127 Å². The number of nitrogens with two attached hydrogens (primary N) is 1. The number of benzene rings is 2. The number of fused-ring (bicyclic) bond motifs is 6. The van der Waals surface area contributed by atoms with E-state index in [1.807, 2.05) is 18.2 Å². The number of aryl methyl sites for hydroxylation is 2. The van der Waals surface area contributed by atoms with Gasteiger partial charge in [-0.25, -0.2) is 0 Å². The van der Waals surface area contributed by atoms with Crippen LogP contribution in [0.15, 0.2) is 36.4 Å². The van der Waals surface area contributed by atoms with Crippen LogP contribution >= 0.6 is 0 Å². The average Bonchev–Trinajstić information content (AvgIpc) is 2.97. The van der Waals surface area contributed by atoms with Crippen LogP contribution in [-0.4, -0.2) is 28.9 Å². The van der Waals surface area contributed by atoms with Crippen LogP contribution in [0.1, 0.15) is 108 Å². The van der Waals surface area contributed by atoms with Gasteiger partial charge in [0.1, 0.15) is 5.75 Å². The summed E-state index contributed by atoms with van der Waals surface area (Å²) < 4.78 is 0. The normalized spacial score (nSPS) is 34.8. The summed E-state index contributed by atoms with van der Waals surface area (Å²) in [5, 5.41) is 16.3. The third-order valence-electron chi connectivity index (χ3n) is 12.6. The summed E-state index contributed by atoms with van der Waals surface area (Å²) in [5.41, 5.74) is 9.57. The Morgan fingerprint density at radius 1 is 0.795 bits per heavy atom. The standard InChI is InChI=1S/C37H49N3O4/c1-22(38)31(42)39-25-12-8-23-10-14-29-34(2,27(23)20-25)16-6-18-36(29,4)32(43)40-33(44)37(5)19-7-17-35(3)28-21-26(41)13-9-24(28)11-15-30(35)37/h8-9,12-13,20-22,29-30,41H,6-7,10-11,14-19,38H2,1-5H3,(H,39,42)(H,40,43,44)/t22-,29+,30+,34+,35+,36-,37-/m0/s1. The molecule has 7 nitrogen and oxygen atoms in total. The third kappa shape index (κ3) is 4.69. The van der Waals surface area contributed by atoms with Crippen molar-refractivity contribution in [2.45, 2.75) is 116 Å². The Kier molecular flexibility index (Phi) is 7.50. The Bertz CT molecular complexity index is 1520. The van der Waals surface area contributed by atoms with Crippen LogP contribution in [0.3, 0.4) is 0 Å². The van der Waals surface area contributed by atoms with Crippen molar-refractivity contribution in [3.05, 3.63) is 58.7 Å². The van der Waals surface area contributed by atoms with Gasteiger partial charge in [-0.3, -0.25) is 19.7 Å². The number of anilines is 1. The van der Waals surface area contributed by atoms with Gasteiger partial charge in [0.2, 0.25) is 17.7 Å². The molecule has 2 fully saturated rings. The van der Waals surface area contributed by atoms with Gasteiger partial charge in [-0.15, -0.1) is 0 Å². The minimum absolute atomic E-state index is 0.0670. The van der Waals surface area contributed by atoms with Crippen molar-refractivity contribution < 1.29 is 19.5 Å². The minimum atomic E-state index is -0.690. The van der Waals surface area contributed by atoms with Crippen molar-refractivity contribution in [1.82, 2.24) is 5.32 Å². The van der Waals surface area contributed by atoms with E-state index in [0.29, 0.717) is 0 Å². The zero-order chi connectivity index (χ0) is 31.7. The minimum Gasteiger partial charge on any atom is -0.508 e. The van der Waals surface area contributed by atoms with E-state index in [2.05, 4.69) is 50.5 Å². The summed E-state index contributed by atoms with van der Waals surface area (Å²) in [6.45, 7) is 10.3. The maximum atomic E-state index is 14.4. The zero-order valence-corrected chi connectivity index (χ0v) is 27.0. The van der Waals surface area contributed by atoms with E-state index >= 15 is 0 Å². The molecular weight excluding hydrogens is 550 g/mol. The topological polar surface area (TPSA) is 122 Å². The zero-order valence-electron chi connectivity index (χ0n) is 27.0. The molecule has 0 aromatic heterocycles. The van der Waals surface area contributed by atoms with Gasteiger partial charge in [0, 0.05) is 5.69 Å². The highest BCUT2D eigenvalue weighted by atomic mass is 16.3. The second-order valence-corrected chi connectivity index (χ2v) is 15.3. The molecule has 0 bridgehead atoms. The Morgan fingerprint density at radius 2 is 1.30 bits per heavy atom. The van der Waals surface area contributed by atoms with Gasteiger partial charge in [0.25, 0.3) is 0 Å². The number of hydrogen-bond acceptors (Lipinski definition) is 5. The van der Waals surface area contributed by atoms with E-state index in [1.54, 1.807) is 13.0 Å². The van der Waals surface area contributed by atoms with Crippen LogP contribution < -0.4 is 16.4 Å². The molecule has 3 amide bonds. The largest absolute Gasteiger partial charge is 0.508 e. The predicted molar refractivity (Wildman–Crippen MR) is 172 cm³/mol. The summed E-state index contributed by atoms with van der Waals surface area (Å²) in [6.07, 6.45) is 8.71. The number of carbonyl (C=O) groups is 3.